The number of rotatable bonds is 8. The van der Waals surface area contributed by atoms with E-state index in [0.29, 0.717) is 42.2 Å². The number of halogens is 3. The highest BCUT2D eigenvalue weighted by atomic mass is 19.4. The van der Waals surface area contributed by atoms with Crippen molar-refractivity contribution < 1.29 is 22.7 Å². The van der Waals surface area contributed by atoms with Crippen LogP contribution in [-0.4, -0.2) is 46.9 Å². The van der Waals surface area contributed by atoms with Crippen molar-refractivity contribution in [3.05, 3.63) is 40.5 Å². The van der Waals surface area contributed by atoms with E-state index in [1.54, 1.807) is 0 Å². The number of unbranched alkanes of at least 4 members (excludes halogenated alkanes) is 1. The van der Waals surface area contributed by atoms with Crippen molar-refractivity contribution >= 4 is 17.4 Å². The molecule has 4 rings (SSSR count). The summed E-state index contributed by atoms with van der Waals surface area (Å²) in [6, 6.07) is 4.36. The number of fused-ring (bicyclic) bond motifs is 1. The molecule has 10 heteroatoms. The lowest BCUT2D eigenvalue weighted by Crippen LogP contribution is -2.26. The minimum atomic E-state index is -4.45. The smallest absolute Gasteiger partial charge is 0.416 e. The van der Waals surface area contributed by atoms with Gasteiger partial charge in [-0.3, -0.25) is 9.69 Å². The summed E-state index contributed by atoms with van der Waals surface area (Å²) in [6.45, 7) is 5.23. The van der Waals surface area contributed by atoms with Crippen LogP contribution in [0.4, 0.5) is 24.8 Å². The van der Waals surface area contributed by atoms with Crippen molar-refractivity contribution in [2.45, 2.75) is 64.7 Å². The molecule has 7 nitrogen and oxygen atoms in total. The van der Waals surface area contributed by atoms with E-state index < -0.39 is 11.7 Å². The molecule has 1 saturated heterocycles. The summed E-state index contributed by atoms with van der Waals surface area (Å²) in [7, 11) is 0. The maximum atomic E-state index is 13.7. The largest absolute Gasteiger partial charge is 0.463 e. The molecule has 2 aromatic rings. The monoisotopic (exact) mass is 491 g/mol. The molecular weight excluding hydrogens is 459 g/mol. The highest BCUT2D eigenvalue weighted by Gasteiger charge is 2.32. The van der Waals surface area contributed by atoms with Crippen molar-refractivity contribution in [3.63, 3.8) is 0 Å². The molecule has 0 bridgehead atoms. The van der Waals surface area contributed by atoms with Gasteiger partial charge in [-0.25, -0.2) is 0 Å². The number of aromatic nitrogens is 2. The minimum Gasteiger partial charge on any atom is -0.463 e. The van der Waals surface area contributed by atoms with Crippen LogP contribution in [-0.2, 0) is 30.5 Å². The first-order valence-electron chi connectivity index (χ1n) is 12.2. The number of nitrogens with zero attached hydrogens (tertiary/aromatic N) is 4. The topological polar surface area (TPSA) is 84.6 Å². The molecule has 190 valence electrons. The number of hydrogen-bond acceptors (Lipinski definition) is 7. The predicted octanol–water partition coefficient (Wildman–Crippen LogP) is 4.37. The van der Waals surface area contributed by atoms with Crippen LogP contribution >= 0.6 is 0 Å². The van der Waals surface area contributed by atoms with Gasteiger partial charge in [0, 0.05) is 38.0 Å². The number of ketones is 1. The lowest BCUT2D eigenvalue weighted by atomic mass is 10.0. The third-order valence-corrected chi connectivity index (χ3v) is 6.42. The normalized spacial score (nSPS) is 16.9. The zero-order valence-corrected chi connectivity index (χ0v) is 20.0. The van der Waals surface area contributed by atoms with E-state index in [0.717, 1.165) is 38.8 Å². The van der Waals surface area contributed by atoms with Crippen LogP contribution < -0.4 is 15.4 Å². The van der Waals surface area contributed by atoms with Crippen LogP contribution in [0.5, 0.6) is 6.01 Å². The van der Waals surface area contributed by atoms with Crippen LogP contribution in [0.25, 0.3) is 0 Å². The number of likely N-dealkylation sites (tertiary alicyclic amines) is 1. The van der Waals surface area contributed by atoms with Crippen LogP contribution in [0.2, 0.25) is 0 Å². The van der Waals surface area contributed by atoms with Gasteiger partial charge in [0.15, 0.2) is 0 Å². The fourth-order valence-electron chi connectivity index (χ4n) is 4.60. The second kappa shape index (κ2) is 10.8. The Balaban J connectivity index is 1.66. The summed E-state index contributed by atoms with van der Waals surface area (Å²) >= 11 is 0. The van der Waals surface area contributed by atoms with E-state index in [9.17, 15) is 18.0 Å². The first kappa shape index (κ1) is 25.2. The van der Waals surface area contributed by atoms with Gasteiger partial charge in [-0.1, -0.05) is 19.4 Å². The van der Waals surface area contributed by atoms with E-state index in [1.807, 2.05) is 17.9 Å². The van der Waals surface area contributed by atoms with Crippen LogP contribution in [0.15, 0.2) is 18.2 Å². The molecular formula is C25H32F3N5O2. The molecule has 0 saturated carbocycles. The van der Waals surface area contributed by atoms with Gasteiger partial charge >= 0.3 is 12.2 Å². The number of hydrogen-bond donors (Lipinski definition) is 1. The molecule has 0 amide bonds. The van der Waals surface area contributed by atoms with Gasteiger partial charge in [0.1, 0.15) is 17.4 Å². The molecule has 1 fully saturated rings. The molecule has 2 aliphatic rings. The van der Waals surface area contributed by atoms with Crippen molar-refractivity contribution in [1.82, 2.24) is 14.9 Å². The van der Waals surface area contributed by atoms with Crippen molar-refractivity contribution in [2.24, 2.45) is 0 Å². The van der Waals surface area contributed by atoms with E-state index >= 15 is 0 Å². The standard InChI is InChI=1S/C25H32F3N5O2/c1-2-3-10-35-24-30-22(29)21-14-20(34)6-9-33(23(21)31-24)16-18-11-17(15-32-7-4-5-8-32)12-19(13-18)25(26,27)28/h11-13H,2-10,14-16H2,1H3,(H2,29,30,31). The number of benzene rings is 1. The van der Waals surface area contributed by atoms with E-state index in [1.165, 1.54) is 12.1 Å². The Morgan fingerprint density at radius 3 is 2.46 bits per heavy atom. The van der Waals surface area contributed by atoms with Crippen LogP contribution in [0, 0.1) is 0 Å². The van der Waals surface area contributed by atoms with Gasteiger partial charge in [-0.15, -0.1) is 0 Å². The summed E-state index contributed by atoms with van der Waals surface area (Å²) in [5.74, 6) is 0.608. The van der Waals surface area contributed by atoms with Crippen molar-refractivity contribution in [3.8, 4) is 6.01 Å². The molecule has 0 radical (unpaired) electrons. The van der Waals surface area contributed by atoms with E-state index in [2.05, 4.69) is 14.9 Å². The van der Waals surface area contributed by atoms with Gasteiger partial charge in [-0.05, 0) is 55.6 Å². The molecule has 3 heterocycles. The maximum absolute atomic E-state index is 13.7. The van der Waals surface area contributed by atoms with Gasteiger partial charge < -0.3 is 15.4 Å². The first-order chi connectivity index (χ1) is 16.7. The number of nitrogen functional groups attached to an aromatic ring is 1. The number of Topliss-reactive ketones (excluding diaryl/α,β-unsaturated/α-hetero) is 1. The first-order valence-corrected chi connectivity index (χ1v) is 12.2. The maximum Gasteiger partial charge on any atom is 0.416 e. The van der Waals surface area contributed by atoms with Crippen LogP contribution in [0.3, 0.4) is 0 Å². The quantitative estimate of drug-likeness (QED) is 0.549. The molecule has 1 aromatic heterocycles. The summed E-state index contributed by atoms with van der Waals surface area (Å²) < 4.78 is 46.8. The SMILES string of the molecule is CCCCOc1nc(N)c2c(n1)N(Cc1cc(CN3CCCC3)cc(C(F)(F)F)c1)CCC(=O)C2. The summed E-state index contributed by atoms with van der Waals surface area (Å²) in [5.41, 5.74) is 7.15. The minimum absolute atomic E-state index is 0.0116. The van der Waals surface area contributed by atoms with Crippen LogP contribution in [0.1, 0.15) is 61.3 Å². The van der Waals surface area contributed by atoms with Gasteiger partial charge in [0.05, 0.1) is 12.2 Å². The number of anilines is 2. The fourth-order valence-corrected chi connectivity index (χ4v) is 4.60. The van der Waals surface area contributed by atoms with Gasteiger partial charge in [-0.2, -0.15) is 23.1 Å². The highest BCUT2D eigenvalue weighted by Crippen LogP contribution is 2.34. The lowest BCUT2D eigenvalue weighted by Gasteiger charge is -2.25. The summed E-state index contributed by atoms with van der Waals surface area (Å²) in [5, 5.41) is 0. The second-order valence-corrected chi connectivity index (χ2v) is 9.30. The zero-order valence-electron chi connectivity index (χ0n) is 20.0. The van der Waals surface area contributed by atoms with Gasteiger partial charge in [0.2, 0.25) is 0 Å². The average molecular weight is 492 g/mol. The molecule has 1 aromatic carbocycles. The summed E-state index contributed by atoms with van der Waals surface area (Å²) in [4.78, 5) is 25.1. The highest BCUT2D eigenvalue weighted by molar-refractivity contribution is 5.85. The molecule has 0 unspecified atom stereocenters. The third-order valence-electron chi connectivity index (χ3n) is 6.42. The van der Waals surface area contributed by atoms with Crippen molar-refractivity contribution in [2.75, 3.05) is 36.9 Å². The predicted molar refractivity (Wildman–Crippen MR) is 127 cm³/mol. The molecule has 0 spiro atoms. The number of carbonyl (C=O) groups excluding carboxylic acids is 1. The van der Waals surface area contributed by atoms with Crippen molar-refractivity contribution in [1.29, 1.82) is 0 Å². The Morgan fingerprint density at radius 1 is 1.06 bits per heavy atom. The second-order valence-electron chi connectivity index (χ2n) is 9.30. The number of carbonyl (C=O) groups is 1. The molecule has 2 aliphatic heterocycles. The Hall–Kier alpha value is -2.88. The Bertz CT molecular complexity index is 1050. The Labute approximate surface area is 203 Å². The average Bonchev–Trinajstić information content (AvgIpc) is 3.25. The lowest BCUT2D eigenvalue weighted by molar-refractivity contribution is -0.137. The number of nitrogens with two attached hydrogens (primary N) is 1. The van der Waals surface area contributed by atoms with E-state index in [-0.39, 0.29) is 37.0 Å². The molecule has 2 N–H and O–H groups in total. The molecule has 0 atom stereocenters. The Morgan fingerprint density at radius 2 is 1.77 bits per heavy atom. The molecule has 35 heavy (non-hydrogen) atoms. The summed E-state index contributed by atoms with van der Waals surface area (Å²) in [6.07, 6.45) is -0.211. The number of alkyl halides is 3. The Kier molecular flexibility index (Phi) is 7.78. The van der Waals surface area contributed by atoms with E-state index in [4.69, 9.17) is 10.5 Å². The molecule has 0 aliphatic carbocycles. The third kappa shape index (κ3) is 6.42. The number of ether oxygens (including phenoxy) is 1. The zero-order chi connectivity index (χ0) is 25.0. The van der Waals surface area contributed by atoms with Gasteiger partial charge in [0.25, 0.3) is 0 Å². The fraction of sp³-hybridized carbons (Fsp3) is 0.560.